The highest BCUT2D eigenvalue weighted by molar-refractivity contribution is 7.91. The largest absolute Gasteiger partial charge is 0.469 e. The number of carbonyl (C=O) groups is 2. The molecule has 7 nitrogen and oxygen atoms in total. The highest BCUT2D eigenvalue weighted by atomic mass is 32.2. The summed E-state index contributed by atoms with van der Waals surface area (Å²) in [7, 11) is -2.49. The van der Waals surface area contributed by atoms with Crippen LogP contribution in [0.4, 0.5) is 0 Å². The van der Waals surface area contributed by atoms with Crippen LogP contribution in [-0.4, -0.2) is 33.4 Å². The second-order valence-corrected chi connectivity index (χ2v) is 9.00. The zero-order chi connectivity index (χ0) is 18.4. The number of nitrogens with one attached hydrogen (secondary N) is 2. The fraction of sp³-hybridized carbons (Fsp3) is 0.333. The quantitative estimate of drug-likeness (QED) is 0.657. The van der Waals surface area contributed by atoms with Gasteiger partial charge in [-0.1, -0.05) is 12.1 Å². The van der Waals surface area contributed by atoms with Gasteiger partial charge in [0.15, 0.2) is 0 Å². The molecular formula is C15H18N2O5S3. The summed E-state index contributed by atoms with van der Waals surface area (Å²) in [6, 6.07) is 5.11. The standard InChI is InChI=1S/C15H18N2O5S3/c1-10(17-25(20,21)14-6-4-8-24-14)15(19)16-11(9-13(18)22-2)12-5-3-7-23-12/h3-8,10-11,17H,9H2,1-2H3,(H,16,19). The summed E-state index contributed by atoms with van der Waals surface area (Å²) in [5.74, 6) is -0.993. The van der Waals surface area contributed by atoms with Crippen LogP contribution in [0.2, 0.25) is 0 Å². The Morgan fingerprint density at radius 1 is 1.20 bits per heavy atom. The molecule has 25 heavy (non-hydrogen) atoms. The molecule has 2 rings (SSSR count). The van der Waals surface area contributed by atoms with Crippen LogP contribution in [0, 0.1) is 0 Å². The SMILES string of the molecule is COC(=O)CC(NC(=O)C(C)NS(=O)(=O)c1cccs1)c1cccs1. The number of hydrogen-bond acceptors (Lipinski definition) is 7. The Labute approximate surface area is 154 Å². The van der Waals surface area contributed by atoms with E-state index in [1.54, 1.807) is 23.6 Å². The normalized spacial score (nSPS) is 13.8. The van der Waals surface area contributed by atoms with Crippen LogP contribution in [-0.2, 0) is 24.3 Å². The summed E-state index contributed by atoms with van der Waals surface area (Å²) in [6.07, 6.45) is -0.0346. The Morgan fingerprint density at radius 2 is 1.88 bits per heavy atom. The first-order chi connectivity index (χ1) is 11.8. The van der Waals surface area contributed by atoms with Crippen molar-refractivity contribution in [2.75, 3.05) is 7.11 Å². The third kappa shape index (κ3) is 5.36. The van der Waals surface area contributed by atoms with Crippen LogP contribution in [0.5, 0.6) is 0 Å². The Bertz CT molecular complexity index is 800. The molecule has 2 atom stereocenters. The van der Waals surface area contributed by atoms with Gasteiger partial charge < -0.3 is 10.1 Å². The van der Waals surface area contributed by atoms with E-state index in [4.69, 9.17) is 0 Å². The van der Waals surface area contributed by atoms with E-state index in [-0.39, 0.29) is 10.6 Å². The molecule has 2 aromatic heterocycles. The smallest absolute Gasteiger partial charge is 0.307 e. The van der Waals surface area contributed by atoms with Crippen molar-refractivity contribution >= 4 is 44.6 Å². The minimum absolute atomic E-state index is 0.0346. The lowest BCUT2D eigenvalue weighted by Gasteiger charge is -2.20. The fourth-order valence-electron chi connectivity index (χ4n) is 2.02. The van der Waals surface area contributed by atoms with E-state index in [1.165, 1.54) is 31.4 Å². The maximum absolute atomic E-state index is 12.4. The molecule has 0 aromatic carbocycles. The van der Waals surface area contributed by atoms with E-state index in [9.17, 15) is 18.0 Å². The number of ether oxygens (including phenoxy) is 1. The molecule has 0 aliphatic rings. The van der Waals surface area contributed by atoms with E-state index in [2.05, 4.69) is 14.8 Å². The lowest BCUT2D eigenvalue weighted by Crippen LogP contribution is -2.45. The van der Waals surface area contributed by atoms with Crippen LogP contribution in [0.15, 0.2) is 39.2 Å². The van der Waals surface area contributed by atoms with E-state index in [1.807, 2.05) is 5.38 Å². The monoisotopic (exact) mass is 402 g/mol. The van der Waals surface area contributed by atoms with Crippen molar-refractivity contribution in [3.8, 4) is 0 Å². The van der Waals surface area contributed by atoms with Crippen molar-refractivity contribution in [3.63, 3.8) is 0 Å². The van der Waals surface area contributed by atoms with Crippen LogP contribution in [0.25, 0.3) is 0 Å². The van der Waals surface area contributed by atoms with E-state index in [0.717, 1.165) is 16.2 Å². The zero-order valence-corrected chi connectivity index (χ0v) is 16.0. The lowest BCUT2D eigenvalue weighted by molar-refractivity contribution is -0.141. The number of carbonyl (C=O) groups excluding carboxylic acids is 2. The first kappa shape index (κ1) is 19.6. The van der Waals surface area contributed by atoms with Crippen molar-refractivity contribution in [1.29, 1.82) is 0 Å². The van der Waals surface area contributed by atoms with Gasteiger partial charge in [0.2, 0.25) is 5.91 Å². The van der Waals surface area contributed by atoms with Crippen molar-refractivity contribution in [3.05, 3.63) is 39.9 Å². The molecule has 2 heterocycles. The predicted molar refractivity (Wildman–Crippen MR) is 95.9 cm³/mol. The highest BCUT2D eigenvalue weighted by Crippen LogP contribution is 2.23. The van der Waals surface area contributed by atoms with Gasteiger partial charge in [0.25, 0.3) is 10.0 Å². The molecule has 0 aliphatic carbocycles. The summed E-state index contributed by atoms with van der Waals surface area (Å²) >= 11 is 2.45. The summed E-state index contributed by atoms with van der Waals surface area (Å²) in [6.45, 7) is 1.45. The lowest BCUT2D eigenvalue weighted by atomic mass is 10.1. The van der Waals surface area contributed by atoms with Gasteiger partial charge in [0, 0.05) is 4.88 Å². The summed E-state index contributed by atoms with van der Waals surface area (Å²) in [5, 5.41) is 6.17. The van der Waals surface area contributed by atoms with Crippen LogP contribution >= 0.6 is 22.7 Å². The third-order valence-electron chi connectivity index (χ3n) is 3.29. The maximum Gasteiger partial charge on any atom is 0.307 e. The first-order valence-corrected chi connectivity index (χ1v) is 10.5. The van der Waals surface area contributed by atoms with Crippen molar-refractivity contribution in [2.24, 2.45) is 0 Å². The number of amides is 1. The molecule has 2 N–H and O–H groups in total. The molecule has 136 valence electrons. The minimum atomic E-state index is -3.76. The number of thiophene rings is 2. The fourth-order valence-corrected chi connectivity index (χ4v) is 5.01. The molecule has 0 aliphatic heterocycles. The summed E-state index contributed by atoms with van der Waals surface area (Å²) in [5.41, 5.74) is 0. The molecule has 0 radical (unpaired) electrons. The van der Waals surface area contributed by atoms with Gasteiger partial charge in [-0.3, -0.25) is 9.59 Å². The summed E-state index contributed by atoms with van der Waals surface area (Å²) in [4.78, 5) is 24.7. The second kappa shape index (κ2) is 8.56. The van der Waals surface area contributed by atoms with E-state index < -0.39 is 34.0 Å². The Kier molecular flexibility index (Phi) is 6.71. The van der Waals surface area contributed by atoms with Crippen molar-refractivity contribution < 1.29 is 22.7 Å². The number of rotatable bonds is 8. The molecule has 0 saturated heterocycles. The number of methoxy groups -OCH3 is 1. The van der Waals surface area contributed by atoms with Crippen molar-refractivity contribution in [2.45, 2.75) is 29.6 Å². The van der Waals surface area contributed by atoms with Gasteiger partial charge in [0.1, 0.15) is 4.21 Å². The molecule has 10 heteroatoms. The van der Waals surface area contributed by atoms with Gasteiger partial charge in [-0.25, -0.2) is 8.42 Å². The van der Waals surface area contributed by atoms with Gasteiger partial charge in [-0.2, -0.15) is 4.72 Å². The average molecular weight is 403 g/mol. The Balaban J connectivity index is 2.06. The topological polar surface area (TPSA) is 102 Å². The predicted octanol–water partition coefficient (Wildman–Crippen LogP) is 1.90. The molecular weight excluding hydrogens is 384 g/mol. The average Bonchev–Trinajstić information content (AvgIpc) is 3.26. The number of sulfonamides is 1. The maximum atomic E-state index is 12.4. The van der Waals surface area contributed by atoms with Crippen LogP contribution in [0.1, 0.15) is 24.3 Å². The van der Waals surface area contributed by atoms with E-state index >= 15 is 0 Å². The molecule has 0 fully saturated rings. The molecule has 0 bridgehead atoms. The van der Waals surface area contributed by atoms with Gasteiger partial charge in [-0.15, -0.1) is 22.7 Å². The molecule has 0 saturated carbocycles. The Morgan fingerprint density at radius 3 is 2.44 bits per heavy atom. The van der Waals surface area contributed by atoms with Crippen LogP contribution in [0.3, 0.4) is 0 Å². The van der Waals surface area contributed by atoms with Crippen molar-refractivity contribution in [1.82, 2.24) is 10.0 Å². The first-order valence-electron chi connectivity index (χ1n) is 7.30. The molecule has 2 unspecified atom stereocenters. The summed E-state index contributed by atoms with van der Waals surface area (Å²) < 4.78 is 31.5. The molecule has 2 aromatic rings. The molecule has 0 spiro atoms. The Hall–Kier alpha value is -1.75. The van der Waals surface area contributed by atoms with Gasteiger partial charge in [0.05, 0.1) is 25.6 Å². The number of hydrogen-bond donors (Lipinski definition) is 2. The molecule has 1 amide bonds. The van der Waals surface area contributed by atoms with Gasteiger partial charge >= 0.3 is 5.97 Å². The second-order valence-electron chi connectivity index (χ2n) is 5.13. The van der Waals surface area contributed by atoms with Crippen LogP contribution < -0.4 is 10.0 Å². The van der Waals surface area contributed by atoms with Gasteiger partial charge in [-0.05, 0) is 29.8 Å². The minimum Gasteiger partial charge on any atom is -0.469 e. The number of esters is 1. The van der Waals surface area contributed by atoms with E-state index in [0.29, 0.717) is 0 Å². The highest BCUT2D eigenvalue weighted by Gasteiger charge is 2.26. The third-order valence-corrected chi connectivity index (χ3v) is 7.21. The zero-order valence-electron chi connectivity index (χ0n) is 13.6.